The highest BCUT2D eigenvalue weighted by Gasteiger charge is 2.37. The summed E-state index contributed by atoms with van der Waals surface area (Å²) in [7, 11) is -3.68. The van der Waals surface area contributed by atoms with E-state index in [1.165, 1.54) is 22.5 Å². The molecule has 23 heavy (non-hydrogen) atoms. The molecule has 0 radical (unpaired) electrons. The molecule has 1 aliphatic heterocycles. The smallest absolute Gasteiger partial charge is 0.207 e. The Morgan fingerprint density at radius 2 is 1.74 bits per heavy atom. The molecule has 2 aromatic carbocycles. The van der Waals surface area contributed by atoms with Gasteiger partial charge in [0.25, 0.3) is 0 Å². The van der Waals surface area contributed by atoms with Gasteiger partial charge in [-0.05, 0) is 29.8 Å². The van der Waals surface area contributed by atoms with Gasteiger partial charge in [0.05, 0.1) is 20.3 Å². The summed E-state index contributed by atoms with van der Waals surface area (Å²) in [6.07, 6.45) is 0. The van der Waals surface area contributed by atoms with Crippen LogP contribution in [0, 0.1) is 0 Å². The molecule has 1 fully saturated rings. The number of thioether (sulfide) groups is 1. The average Bonchev–Trinajstić information content (AvgIpc) is 3.00. The molecular formula is C15H12Cl3NO2S2. The fourth-order valence-electron chi connectivity index (χ4n) is 2.39. The van der Waals surface area contributed by atoms with Gasteiger partial charge in [0.1, 0.15) is 0 Å². The molecule has 0 amide bonds. The van der Waals surface area contributed by atoms with E-state index in [1.54, 1.807) is 17.8 Å². The van der Waals surface area contributed by atoms with Crippen molar-refractivity contribution in [3.05, 3.63) is 63.1 Å². The van der Waals surface area contributed by atoms with Crippen LogP contribution in [-0.4, -0.2) is 25.0 Å². The van der Waals surface area contributed by atoms with E-state index in [4.69, 9.17) is 34.8 Å². The second-order valence-corrected chi connectivity index (χ2v) is 9.24. The molecule has 2 aromatic rings. The fraction of sp³-hybridized carbons (Fsp3) is 0.200. The van der Waals surface area contributed by atoms with Gasteiger partial charge in [-0.25, -0.2) is 8.42 Å². The first-order valence-corrected chi connectivity index (χ1v) is 10.4. The predicted molar refractivity (Wildman–Crippen MR) is 97.0 cm³/mol. The zero-order valence-electron chi connectivity index (χ0n) is 11.7. The van der Waals surface area contributed by atoms with Crippen LogP contribution in [0.15, 0.2) is 47.4 Å². The van der Waals surface area contributed by atoms with Crippen LogP contribution >= 0.6 is 46.6 Å². The third kappa shape index (κ3) is 3.36. The molecule has 0 unspecified atom stereocenters. The van der Waals surface area contributed by atoms with Gasteiger partial charge >= 0.3 is 0 Å². The Kier molecular flexibility index (Phi) is 5.16. The molecule has 122 valence electrons. The summed E-state index contributed by atoms with van der Waals surface area (Å²) in [4.78, 5) is 0.131. The minimum absolute atomic E-state index is 0.131. The SMILES string of the molecule is O=S(=O)(c1ccc(Cl)c(Cl)c1)N1CCS[C@H]1c1ccccc1Cl. The molecule has 0 spiro atoms. The Labute approximate surface area is 154 Å². The van der Waals surface area contributed by atoms with Crippen LogP contribution in [0.3, 0.4) is 0 Å². The molecular weight excluding hydrogens is 397 g/mol. The topological polar surface area (TPSA) is 37.4 Å². The lowest BCUT2D eigenvalue weighted by Crippen LogP contribution is -2.30. The van der Waals surface area contributed by atoms with Crippen LogP contribution in [-0.2, 0) is 10.0 Å². The third-order valence-electron chi connectivity index (χ3n) is 3.52. The number of hydrogen-bond donors (Lipinski definition) is 0. The van der Waals surface area contributed by atoms with Crippen molar-refractivity contribution in [3.8, 4) is 0 Å². The van der Waals surface area contributed by atoms with Crippen molar-refractivity contribution in [3.63, 3.8) is 0 Å². The summed E-state index contributed by atoms with van der Waals surface area (Å²) in [6.45, 7) is 0.420. The minimum atomic E-state index is -3.68. The Morgan fingerprint density at radius 1 is 1.00 bits per heavy atom. The lowest BCUT2D eigenvalue weighted by atomic mass is 10.2. The highest BCUT2D eigenvalue weighted by Crippen LogP contribution is 2.44. The van der Waals surface area contributed by atoms with Crippen molar-refractivity contribution < 1.29 is 8.42 Å². The van der Waals surface area contributed by atoms with E-state index in [1.807, 2.05) is 18.2 Å². The molecule has 3 nitrogen and oxygen atoms in total. The standard InChI is InChI=1S/C15H12Cl3NO2S2/c16-12-4-2-1-3-11(12)15-19(7-8-22-15)23(20,21)10-5-6-13(17)14(18)9-10/h1-6,9,15H,7-8H2/t15-/m0/s1. The summed E-state index contributed by atoms with van der Waals surface area (Å²) in [5, 5.41) is 0.752. The molecule has 1 atom stereocenters. The molecule has 0 bridgehead atoms. The van der Waals surface area contributed by atoms with Crippen LogP contribution < -0.4 is 0 Å². The van der Waals surface area contributed by atoms with Gasteiger partial charge < -0.3 is 0 Å². The first-order valence-electron chi connectivity index (χ1n) is 6.74. The molecule has 1 heterocycles. The highest BCUT2D eigenvalue weighted by molar-refractivity contribution is 8.01. The maximum atomic E-state index is 13.0. The first-order chi connectivity index (χ1) is 10.9. The number of sulfonamides is 1. The first kappa shape index (κ1) is 17.4. The van der Waals surface area contributed by atoms with Gasteiger partial charge in [0.2, 0.25) is 10.0 Å². The van der Waals surface area contributed by atoms with E-state index in [0.29, 0.717) is 22.3 Å². The van der Waals surface area contributed by atoms with Crippen molar-refractivity contribution in [2.24, 2.45) is 0 Å². The minimum Gasteiger partial charge on any atom is -0.207 e. The highest BCUT2D eigenvalue weighted by atomic mass is 35.5. The predicted octanol–water partition coefficient (Wildman–Crippen LogP) is 5.08. The lowest BCUT2D eigenvalue weighted by molar-refractivity contribution is 0.434. The Morgan fingerprint density at radius 3 is 2.43 bits per heavy atom. The van der Waals surface area contributed by atoms with E-state index < -0.39 is 10.0 Å². The van der Waals surface area contributed by atoms with Crippen LogP contribution in [0.4, 0.5) is 0 Å². The van der Waals surface area contributed by atoms with Gasteiger partial charge in [-0.15, -0.1) is 11.8 Å². The Bertz CT molecular complexity index is 842. The van der Waals surface area contributed by atoms with Crippen LogP contribution in [0.5, 0.6) is 0 Å². The van der Waals surface area contributed by atoms with Crippen molar-refractivity contribution in [2.45, 2.75) is 10.3 Å². The van der Waals surface area contributed by atoms with Crippen molar-refractivity contribution >= 4 is 56.6 Å². The van der Waals surface area contributed by atoms with Crippen molar-refractivity contribution in [2.75, 3.05) is 12.3 Å². The van der Waals surface area contributed by atoms with E-state index in [9.17, 15) is 8.42 Å². The van der Waals surface area contributed by atoms with Crippen LogP contribution in [0.1, 0.15) is 10.9 Å². The van der Waals surface area contributed by atoms with Gasteiger partial charge in [-0.3, -0.25) is 0 Å². The zero-order chi connectivity index (χ0) is 16.6. The van der Waals surface area contributed by atoms with Crippen molar-refractivity contribution in [1.82, 2.24) is 4.31 Å². The third-order valence-corrected chi connectivity index (χ3v) is 7.84. The second-order valence-electron chi connectivity index (χ2n) is 4.94. The molecule has 1 aliphatic rings. The maximum Gasteiger partial charge on any atom is 0.244 e. The quantitative estimate of drug-likeness (QED) is 0.710. The number of rotatable bonds is 3. The molecule has 1 saturated heterocycles. The molecule has 8 heteroatoms. The van der Waals surface area contributed by atoms with E-state index in [2.05, 4.69) is 0 Å². The van der Waals surface area contributed by atoms with Crippen LogP contribution in [0.2, 0.25) is 15.1 Å². The Hall–Kier alpha value is -0.430. The summed E-state index contributed by atoms with van der Waals surface area (Å²) >= 11 is 19.6. The number of nitrogens with zero attached hydrogens (tertiary/aromatic N) is 1. The fourth-order valence-corrected chi connectivity index (χ4v) is 6.36. The summed E-state index contributed by atoms with van der Waals surface area (Å²) in [5.41, 5.74) is 0.792. The maximum absolute atomic E-state index is 13.0. The van der Waals surface area contributed by atoms with Crippen molar-refractivity contribution in [1.29, 1.82) is 0 Å². The zero-order valence-corrected chi connectivity index (χ0v) is 15.6. The molecule has 0 saturated carbocycles. The number of halogens is 3. The van der Waals surface area contributed by atoms with Gasteiger partial charge in [0, 0.05) is 17.3 Å². The Balaban J connectivity index is 2.01. The lowest BCUT2D eigenvalue weighted by Gasteiger charge is -2.24. The summed E-state index contributed by atoms with van der Waals surface area (Å²) < 4.78 is 27.4. The molecule has 0 N–H and O–H groups in total. The molecule has 0 aromatic heterocycles. The monoisotopic (exact) mass is 407 g/mol. The van der Waals surface area contributed by atoms with E-state index in [-0.39, 0.29) is 15.3 Å². The largest absolute Gasteiger partial charge is 0.244 e. The number of hydrogen-bond acceptors (Lipinski definition) is 3. The second kappa shape index (κ2) is 6.82. The van der Waals surface area contributed by atoms with E-state index >= 15 is 0 Å². The molecule has 0 aliphatic carbocycles. The molecule has 3 rings (SSSR count). The average molecular weight is 409 g/mol. The summed E-state index contributed by atoms with van der Waals surface area (Å²) in [5.74, 6) is 0.705. The van der Waals surface area contributed by atoms with Gasteiger partial charge in [0.15, 0.2) is 0 Å². The summed E-state index contributed by atoms with van der Waals surface area (Å²) in [6, 6.07) is 11.6. The van der Waals surface area contributed by atoms with Crippen LogP contribution in [0.25, 0.3) is 0 Å². The van der Waals surface area contributed by atoms with E-state index in [0.717, 1.165) is 5.56 Å². The van der Waals surface area contributed by atoms with Gasteiger partial charge in [-0.1, -0.05) is 53.0 Å². The normalized spacial score (nSPS) is 19.2. The van der Waals surface area contributed by atoms with Gasteiger partial charge in [-0.2, -0.15) is 4.31 Å². The number of benzene rings is 2.